The van der Waals surface area contributed by atoms with Gasteiger partial charge in [0.1, 0.15) is 6.54 Å². The molecule has 19 heavy (non-hydrogen) atoms. The molecule has 5 heteroatoms. The minimum atomic E-state index is -0.0493. The zero-order valence-electron chi connectivity index (χ0n) is 10.6. The summed E-state index contributed by atoms with van der Waals surface area (Å²) in [6.45, 7) is 2.89. The average molecular weight is 323 g/mol. The monoisotopic (exact) mass is 322 g/mol. The first-order chi connectivity index (χ1) is 9.11. The lowest BCUT2D eigenvalue weighted by Gasteiger charge is -2.11. The van der Waals surface area contributed by atoms with Crippen molar-refractivity contribution in [3.05, 3.63) is 45.2 Å². The second kappa shape index (κ2) is 6.02. The molecule has 0 aliphatic carbocycles. The van der Waals surface area contributed by atoms with Gasteiger partial charge in [0.15, 0.2) is 5.43 Å². The number of hydrogen-bond donors (Lipinski definition) is 1. The molecule has 2 rings (SSSR count). The lowest BCUT2D eigenvalue weighted by atomic mass is 10.2. The molecule has 1 aromatic heterocycles. The Labute approximate surface area is 119 Å². The second-order valence-corrected chi connectivity index (χ2v) is 5.23. The van der Waals surface area contributed by atoms with Crippen LogP contribution in [0.25, 0.3) is 10.9 Å². The summed E-state index contributed by atoms with van der Waals surface area (Å²) in [4.78, 5) is 23.5. The number of rotatable bonds is 4. The summed E-state index contributed by atoms with van der Waals surface area (Å²) in [7, 11) is 0. The van der Waals surface area contributed by atoms with E-state index in [2.05, 4.69) is 21.2 Å². The van der Waals surface area contributed by atoms with Crippen molar-refractivity contribution in [2.24, 2.45) is 0 Å². The Bertz CT molecular complexity index is 664. The quantitative estimate of drug-likeness (QED) is 0.939. The van der Waals surface area contributed by atoms with Gasteiger partial charge in [-0.05, 0) is 24.6 Å². The van der Waals surface area contributed by atoms with Gasteiger partial charge in [0.2, 0.25) is 5.91 Å². The van der Waals surface area contributed by atoms with Gasteiger partial charge in [0, 0.05) is 28.7 Å². The molecule has 2 aromatic rings. The maximum Gasteiger partial charge on any atom is 0.239 e. The van der Waals surface area contributed by atoms with Crippen molar-refractivity contribution >= 4 is 32.7 Å². The number of carbonyl (C=O) groups excluding carboxylic acids is 1. The number of benzene rings is 1. The molecular weight excluding hydrogens is 308 g/mol. The van der Waals surface area contributed by atoms with E-state index in [1.165, 1.54) is 6.07 Å². The van der Waals surface area contributed by atoms with E-state index in [-0.39, 0.29) is 17.9 Å². The smallest absolute Gasteiger partial charge is 0.239 e. The molecule has 0 aliphatic heterocycles. The molecule has 0 aliphatic rings. The number of aromatic nitrogens is 1. The van der Waals surface area contributed by atoms with Crippen molar-refractivity contribution in [2.45, 2.75) is 19.9 Å². The third-order valence-electron chi connectivity index (χ3n) is 2.83. The first-order valence-corrected chi connectivity index (χ1v) is 6.96. The Morgan fingerprint density at radius 2 is 2.16 bits per heavy atom. The van der Waals surface area contributed by atoms with Gasteiger partial charge in [-0.2, -0.15) is 0 Å². The number of fused-ring (bicyclic) bond motifs is 1. The molecule has 0 spiro atoms. The lowest BCUT2D eigenvalue weighted by Crippen LogP contribution is -2.28. The van der Waals surface area contributed by atoms with E-state index in [4.69, 9.17) is 0 Å². The molecule has 1 aromatic carbocycles. The number of carbonyl (C=O) groups is 1. The molecule has 0 unspecified atom stereocenters. The van der Waals surface area contributed by atoms with Crippen LogP contribution in [0.5, 0.6) is 0 Å². The van der Waals surface area contributed by atoms with Crippen molar-refractivity contribution in [3.63, 3.8) is 0 Å². The van der Waals surface area contributed by atoms with Crippen LogP contribution in [0.4, 0.5) is 0 Å². The van der Waals surface area contributed by atoms with Crippen LogP contribution in [-0.4, -0.2) is 17.0 Å². The number of halogens is 1. The Hall–Kier alpha value is -1.62. The van der Waals surface area contributed by atoms with Crippen LogP contribution in [0, 0.1) is 0 Å². The third-order valence-corrected chi connectivity index (χ3v) is 3.32. The van der Waals surface area contributed by atoms with E-state index in [0.29, 0.717) is 11.9 Å². The fourth-order valence-corrected chi connectivity index (χ4v) is 2.24. The van der Waals surface area contributed by atoms with E-state index in [1.807, 2.05) is 19.1 Å². The van der Waals surface area contributed by atoms with Crippen LogP contribution in [0.2, 0.25) is 0 Å². The highest BCUT2D eigenvalue weighted by atomic mass is 79.9. The highest BCUT2D eigenvalue weighted by molar-refractivity contribution is 9.10. The van der Waals surface area contributed by atoms with Gasteiger partial charge in [-0.15, -0.1) is 0 Å². The molecule has 0 saturated carbocycles. The maximum atomic E-state index is 11.8. The summed E-state index contributed by atoms with van der Waals surface area (Å²) in [5.41, 5.74) is 0.723. The SMILES string of the molecule is CCCNC(=O)Cn1ccc(=O)c2ccc(Br)cc21. The van der Waals surface area contributed by atoms with Gasteiger partial charge in [-0.1, -0.05) is 22.9 Å². The van der Waals surface area contributed by atoms with E-state index in [0.717, 1.165) is 16.4 Å². The standard InChI is InChI=1S/C14H15BrN2O2/c1-2-6-16-14(19)9-17-7-5-13(18)11-4-3-10(15)8-12(11)17/h3-5,7-8H,2,6,9H2,1H3,(H,16,19). The molecule has 1 N–H and O–H groups in total. The summed E-state index contributed by atoms with van der Waals surface area (Å²) in [5.74, 6) is -0.0493. The molecule has 1 heterocycles. The van der Waals surface area contributed by atoms with E-state index >= 15 is 0 Å². The summed E-state index contributed by atoms with van der Waals surface area (Å²) in [6, 6.07) is 6.93. The molecule has 0 radical (unpaired) electrons. The zero-order chi connectivity index (χ0) is 13.8. The normalized spacial score (nSPS) is 10.6. The highest BCUT2D eigenvalue weighted by Crippen LogP contribution is 2.17. The van der Waals surface area contributed by atoms with Gasteiger partial charge in [-0.25, -0.2) is 0 Å². The number of amides is 1. The number of hydrogen-bond acceptors (Lipinski definition) is 2. The summed E-state index contributed by atoms with van der Waals surface area (Å²) in [6.07, 6.45) is 2.56. The van der Waals surface area contributed by atoms with E-state index in [1.54, 1.807) is 16.8 Å². The fourth-order valence-electron chi connectivity index (χ4n) is 1.89. The minimum absolute atomic E-state index is 0.0345. The topological polar surface area (TPSA) is 51.1 Å². The van der Waals surface area contributed by atoms with Crippen molar-refractivity contribution in [3.8, 4) is 0 Å². The largest absolute Gasteiger partial charge is 0.355 e. The number of nitrogens with one attached hydrogen (secondary N) is 1. The number of nitrogens with zero attached hydrogens (tertiary/aromatic N) is 1. The number of pyridine rings is 1. The molecule has 1 amide bonds. The maximum absolute atomic E-state index is 11.8. The average Bonchev–Trinajstić information content (AvgIpc) is 2.39. The van der Waals surface area contributed by atoms with Crippen LogP contribution in [0.15, 0.2) is 39.7 Å². The molecule has 0 saturated heterocycles. The van der Waals surface area contributed by atoms with Crippen LogP contribution < -0.4 is 10.7 Å². The summed E-state index contributed by atoms with van der Waals surface area (Å²) >= 11 is 3.38. The zero-order valence-corrected chi connectivity index (χ0v) is 12.2. The second-order valence-electron chi connectivity index (χ2n) is 4.32. The van der Waals surface area contributed by atoms with Gasteiger partial charge in [0.05, 0.1) is 5.52 Å². The first kappa shape index (κ1) is 13.8. The van der Waals surface area contributed by atoms with Crippen molar-refractivity contribution in [2.75, 3.05) is 6.54 Å². The molecule has 100 valence electrons. The molecule has 0 bridgehead atoms. The Morgan fingerprint density at radius 3 is 2.89 bits per heavy atom. The van der Waals surface area contributed by atoms with Crippen molar-refractivity contribution < 1.29 is 4.79 Å². The van der Waals surface area contributed by atoms with Crippen LogP contribution in [-0.2, 0) is 11.3 Å². The Kier molecular flexibility index (Phi) is 4.37. The predicted molar refractivity (Wildman–Crippen MR) is 79.2 cm³/mol. The lowest BCUT2D eigenvalue weighted by molar-refractivity contribution is -0.121. The molecule has 0 atom stereocenters. The third kappa shape index (κ3) is 3.23. The van der Waals surface area contributed by atoms with Crippen LogP contribution in [0.3, 0.4) is 0 Å². The minimum Gasteiger partial charge on any atom is -0.355 e. The molecule has 0 fully saturated rings. The predicted octanol–water partition coefficient (Wildman–Crippen LogP) is 2.29. The van der Waals surface area contributed by atoms with E-state index < -0.39 is 0 Å². The van der Waals surface area contributed by atoms with Gasteiger partial charge < -0.3 is 9.88 Å². The fraction of sp³-hybridized carbons (Fsp3) is 0.286. The summed E-state index contributed by atoms with van der Waals surface area (Å²) in [5, 5.41) is 3.44. The van der Waals surface area contributed by atoms with Gasteiger partial charge in [-0.3, -0.25) is 9.59 Å². The Balaban J connectivity index is 2.38. The highest BCUT2D eigenvalue weighted by Gasteiger charge is 2.07. The Morgan fingerprint density at radius 1 is 1.37 bits per heavy atom. The van der Waals surface area contributed by atoms with Gasteiger partial charge in [0.25, 0.3) is 0 Å². The molecule has 4 nitrogen and oxygen atoms in total. The van der Waals surface area contributed by atoms with Crippen molar-refractivity contribution in [1.82, 2.24) is 9.88 Å². The first-order valence-electron chi connectivity index (χ1n) is 6.17. The van der Waals surface area contributed by atoms with E-state index in [9.17, 15) is 9.59 Å². The van der Waals surface area contributed by atoms with Gasteiger partial charge >= 0.3 is 0 Å². The van der Waals surface area contributed by atoms with Crippen molar-refractivity contribution in [1.29, 1.82) is 0 Å². The summed E-state index contributed by atoms with van der Waals surface area (Å²) < 4.78 is 2.67. The van der Waals surface area contributed by atoms with Crippen LogP contribution in [0.1, 0.15) is 13.3 Å². The molecular formula is C14H15BrN2O2. The van der Waals surface area contributed by atoms with Crippen LogP contribution >= 0.6 is 15.9 Å².